The van der Waals surface area contributed by atoms with Crippen LogP contribution in [0.15, 0.2) is 42.5 Å². The Balaban J connectivity index is 2.04. The van der Waals surface area contributed by atoms with Crippen LogP contribution < -0.4 is 4.74 Å². The topological polar surface area (TPSA) is 57.5 Å². The smallest absolute Gasteiger partial charge is 0.343 e. The molecule has 0 aliphatic carbocycles. The Bertz CT molecular complexity index is 1030. The van der Waals surface area contributed by atoms with Crippen molar-refractivity contribution in [3.05, 3.63) is 64.8 Å². The Labute approximate surface area is 164 Å². The summed E-state index contributed by atoms with van der Waals surface area (Å²) >= 11 is 0. The zero-order valence-electron chi connectivity index (χ0n) is 16.9. The molecule has 5 nitrogen and oxygen atoms in total. The van der Waals surface area contributed by atoms with Gasteiger partial charge in [0.05, 0.1) is 17.7 Å². The molecule has 2 aromatic carbocycles. The number of nitrogens with zero attached hydrogens (tertiary/aromatic N) is 1. The van der Waals surface area contributed by atoms with Crippen molar-refractivity contribution in [2.75, 3.05) is 6.61 Å². The molecule has 0 spiro atoms. The zero-order valence-corrected chi connectivity index (χ0v) is 16.9. The number of ether oxygens (including phenoxy) is 2. The van der Waals surface area contributed by atoms with Crippen LogP contribution in [0.2, 0.25) is 0 Å². The maximum absolute atomic E-state index is 12.6. The van der Waals surface area contributed by atoms with Crippen molar-refractivity contribution < 1.29 is 19.1 Å². The molecule has 0 atom stereocenters. The van der Waals surface area contributed by atoms with E-state index in [1.54, 1.807) is 31.2 Å². The van der Waals surface area contributed by atoms with E-state index in [9.17, 15) is 9.59 Å². The van der Waals surface area contributed by atoms with Crippen LogP contribution >= 0.6 is 0 Å². The van der Waals surface area contributed by atoms with Crippen LogP contribution in [0.4, 0.5) is 0 Å². The first kappa shape index (κ1) is 19.7. The van der Waals surface area contributed by atoms with E-state index in [2.05, 4.69) is 18.4 Å². The van der Waals surface area contributed by atoms with Crippen molar-refractivity contribution >= 4 is 22.8 Å². The maximum atomic E-state index is 12.6. The number of carbonyl (C=O) groups excluding carboxylic acids is 2. The normalized spacial score (nSPS) is 11.1. The van der Waals surface area contributed by atoms with Crippen LogP contribution in [0.3, 0.4) is 0 Å². The lowest BCUT2D eigenvalue weighted by atomic mass is 10.1. The summed E-state index contributed by atoms with van der Waals surface area (Å²) in [4.78, 5) is 25.0. The average Bonchev–Trinajstić information content (AvgIpc) is 2.93. The molecule has 5 heteroatoms. The third kappa shape index (κ3) is 3.65. The molecule has 28 heavy (non-hydrogen) atoms. The Morgan fingerprint density at radius 3 is 2.29 bits per heavy atom. The number of benzene rings is 2. The number of esters is 2. The van der Waals surface area contributed by atoms with Crippen LogP contribution in [0, 0.1) is 13.8 Å². The largest absolute Gasteiger partial charge is 0.462 e. The number of aromatic nitrogens is 1. The molecule has 0 aliphatic heterocycles. The van der Waals surface area contributed by atoms with Crippen molar-refractivity contribution in [2.45, 2.75) is 40.7 Å². The van der Waals surface area contributed by atoms with Gasteiger partial charge in [-0.3, -0.25) is 0 Å². The first-order valence-corrected chi connectivity index (χ1v) is 9.44. The van der Waals surface area contributed by atoms with Crippen LogP contribution in [-0.4, -0.2) is 23.1 Å². The molecular formula is C23H25NO4. The molecule has 0 radical (unpaired) electrons. The van der Waals surface area contributed by atoms with E-state index < -0.39 is 5.97 Å². The third-order valence-corrected chi connectivity index (χ3v) is 4.71. The van der Waals surface area contributed by atoms with Crippen molar-refractivity contribution in [2.24, 2.45) is 0 Å². The summed E-state index contributed by atoms with van der Waals surface area (Å²) in [5.74, 6) is -0.409. The fourth-order valence-corrected chi connectivity index (χ4v) is 3.47. The van der Waals surface area contributed by atoms with Crippen molar-refractivity contribution in [1.82, 2.24) is 4.57 Å². The van der Waals surface area contributed by atoms with Gasteiger partial charge in [0.2, 0.25) is 0 Å². The SMILES string of the molecule is CCOC(=O)c1c(C)n(C(C)C)c2ccc(OC(=O)c3ccc(C)cc3)cc12. The van der Waals surface area contributed by atoms with Gasteiger partial charge in [-0.05, 0) is 65.0 Å². The lowest BCUT2D eigenvalue weighted by Crippen LogP contribution is -2.09. The number of hydrogen-bond donors (Lipinski definition) is 0. The molecule has 0 aliphatic rings. The lowest BCUT2D eigenvalue weighted by Gasteiger charge is -2.12. The summed E-state index contributed by atoms with van der Waals surface area (Å²) in [7, 11) is 0. The van der Waals surface area contributed by atoms with Crippen LogP contribution in [0.25, 0.3) is 10.9 Å². The summed E-state index contributed by atoms with van der Waals surface area (Å²) in [6, 6.07) is 12.7. The van der Waals surface area contributed by atoms with Gasteiger partial charge in [0.25, 0.3) is 0 Å². The highest BCUT2D eigenvalue weighted by Crippen LogP contribution is 2.32. The van der Waals surface area contributed by atoms with Gasteiger partial charge in [0.15, 0.2) is 0 Å². The molecule has 1 heterocycles. The molecule has 0 N–H and O–H groups in total. The minimum atomic E-state index is -0.433. The summed E-state index contributed by atoms with van der Waals surface area (Å²) < 4.78 is 12.9. The quantitative estimate of drug-likeness (QED) is 0.450. The number of hydrogen-bond acceptors (Lipinski definition) is 4. The van der Waals surface area contributed by atoms with Gasteiger partial charge in [-0.15, -0.1) is 0 Å². The highest BCUT2D eigenvalue weighted by atomic mass is 16.5. The van der Waals surface area contributed by atoms with Gasteiger partial charge in [0.1, 0.15) is 5.75 Å². The third-order valence-electron chi connectivity index (χ3n) is 4.71. The molecule has 0 saturated carbocycles. The van der Waals surface area contributed by atoms with Gasteiger partial charge in [0, 0.05) is 22.6 Å². The monoisotopic (exact) mass is 379 g/mol. The first-order valence-electron chi connectivity index (χ1n) is 9.44. The van der Waals surface area contributed by atoms with Crippen molar-refractivity contribution in [1.29, 1.82) is 0 Å². The van der Waals surface area contributed by atoms with Gasteiger partial charge >= 0.3 is 11.9 Å². The summed E-state index contributed by atoms with van der Waals surface area (Å²) in [5, 5.41) is 0.721. The number of fused-ring (bicyclic) bond motifs is 1. The first-order chi connectivity index (χ1) is 13.3. The van der Waals surface area contributed by atoms with Crippen LogP contribution in [0.1, 0.15) is 58.8 Å². The van der Waals surface area contributed by atoms with E-state index in [-0.39, 0.29) is 12.0 Å². The van der Waals surface area contributed by atoms with E-state index >= 15 is 0 Å². The van der Waals surface area contributed by atoms with Crippen molar-refractivity contribution in [3.8, 4) is 5.75 Å². The minimum Gasteiger partial charge on any atom is -0.462 e. The van der Waals surface area contributed by atoms with Gasteiger partial charge in [-0.1, -0.05) is 17.7 Å². The summed E-state index contributed by atoms with van der Waals surface area (Å²) in [6.07, 6.45) is 0. The lowest BCUT2D eigenvalue weighted by molar-refractivity contribution is 0.0527. The van der Waals surface area contributed by atoms with E-state index in [1.165, 1.54) is 0 Å². The maximum Gasteiger partial charge on any atom is 0.343 e. The van der Waals surface area contributed by atoms with Gasteiger partial charge in [-0.25, -0.2) is 9.59 Å². The molecule has 0 amide bonds. The molecule has 3 aromatic rings. The minimum absolute atomic E-state index is 0.173. The predicted molar refractivity (Wildman–Crippen MR) is 109 cm³/mol. The molecule has 0 unspecified atom stereocenters. The molecule has 0 fully saturated rings. The second-order valence-electron chi connectivity index (χ2n) is 7.08. The standard InChI is InChI=1S/C23H25NO4/c1-6-27-23(26)21-16(5)24(14(2)3)20-12-11-18(13-19(20)21)28-22(25)17-9-7-15(4)8-10-17/h7-14H,6H2,1-5H3. The van der Waals surface area contributed by atoms with E-state index in [0.717, 1.165) is 22.2 Å². The predicted octanol–water partition coefficient (Wildman–Crippen LogP) is 5.23. The summed E-state index contributed by atoms with van der Waals surface area (Å²) in [5.41, 5.74) is 3.81. The Kier molecular flexibility index (Phi) is 5.54. The average molecular weight is 379 g/mol. The van der Waals surface area contributed by atoms with Crippen molar-refractivity contribution in [3.63, 3.8) is 0 Å². The fourth-order valence-electron chi connectivity index (χ4n) is 3.47. The fraction of sp³-hybridized carbons (Fsp3) is 0.304. The molecule has 0 bridgehead atoms. The summed E-state index contributed by atoms with van der Waals surface area (Å²) in [6.45, 7) is 10.1. The Hall–Kier alpha value is -3.08. The second kappa shape index (κ2) is 7.89. The van der Waals surface area contributed by atoms with Crippen LogP contribution in [-0.2, 0) is 4.74 Å². The van der Waals surface area contributed by atoms with E-state index in [4.69, 9.17) is 9.47 Å². The number of carbonyl (C=O) groups is 2. The van der Waals surface area contributed by atoms with E-state index in [1.807, 2.05) is 32.0 Å². The molecule has 146 valence electrons. The van der Waals surface area contributed by atoms with Gasteiger partial charge in [-0.2, -0.15) is 0 Å². The highest BCUT2D eigenvalue weighted by molar-refractivity contribution is 6.06. The van der Waals surface area contributed by atoms with Crippen LogP contribution in [0.5, 0.6) is 5.75 Å². The number of aryl methyl sites for hydroxylation is 1. The van der Waals surface area contributed by atoms with Gasteiger partial charge < -0.3 is 14.0 Å². The second-order valence-corrected chi connectivity index (χ2v) is 7.08. The molecule has 3 rings (SSSR count). The number of rotatable bonds is 5. The molecular weight excluding hydrogens is 354 g/mol. The Morgan fingerprint density at radius 1 is 1.00 bits per heavy atom. The molecule has 1 aromatic heterocycles. The highest BCUT2D eigenvalue weighted by Gasteiger charge is 2.23. The Morgan fingerprint density at radius 2 is 1.68 bits per heavy atom. The molecule has 0 saturated heterocycles. The van der Waals surface area contributed by atoms with E-state index in [0.29, 0.717) is 23.5 Å². The zero-order chi connectivity index (χ0) is 20.4.